The summed E-state index contributed by atoms with van der Waals surface area (Å²) in [5.74, 6) is 0. The SMILES string of the molecule is N#CCc1nc(-c2cc(Cl)ccc2Cl)ccc1N. The Morgan fingerprint density at radius 3 is 2.72 bits per heavy atom. The standard InChI is InChI=1S/C13H9Cl2N3/c14-8-1-2-10(15)9(7-8)12-4-3-11(17)13(18-12)5-6-16/h1-4,7H,5,17H2. The molecule has 2 rings (SSSR count). The van der Waals surface area contributed by atoms with Gasteiger partial charge >= 0.3 is 0 Å². The van der Waals surface area contributed by atoms with Gasteiger partial charge in [0.05, 0.1) is 34.6 Å². The lowest BCUT2D eigenvalue weighted by atomic mass is 10.1. The molecule has 3 nitrogen and oxygen atoms in total. The largest absolute Gasteiger partial charge is 0.397 e. The molecule has 90 valence electrons. The average molecular weight is 278 g/mol. The number of anilines is 1. The number of nitriles is 1. The van der Waals surface area contributed by atoms with Gasteiger partial charge < -0.3 is 5.73 Å². The van der Waals surface area contributed by atoms with E-state index in [0.717, 1.165) is 5.56 Å². The summed E-state index contributed by atoms with van der Waals surface area (Å²) in [5.41, 5.74) is 8.17. The van der Waals surface area contributed by atoms with Gasteiger partial charge in [0.1, 0.15) is 0 Å². The number of pyridine rings is 1. The molecule has 0 atom stereocenters. The zero-order valence-corrected chi connectivity index (χ0v) is 10.8. The van der Waals surface area contributed by atoms with Crippen molar-refractivity contribution in [2.45, 2.75) is 6.42 Å². The van der Waals surface area contributed by atoms with Crippen molar-refractivity contribution < 1.29 is 0 Å². The minimum Gasteiger partial charge on any atom is -0.397 e. The van der Waals surface area contributed by atoms with Gasteiger partial charge in [0.15, 0.2) is 0 Å². The molecule has 0 saturated carbocycles. The van der Waals surface area contributed by atoms with Gasteiger partial charge in [-0.15, -0.1) is 0 Å². The Morgan fingerprint density at radius 1 is 1.22 bits per heavy atom. The molecule has 18 heavy (non-hydrogen) atoms. The van der Waals surface area contributed by atoms with E-state index >= 15 is 0 Å². The summed E-state index contributed by atoms with van der Waals surface area (Å²) in [6, 6.07) is 10.7. The molecule has 0 unspecified atom stereocenters. The molecule has 0 radical (unpaired) electrons. The zero-order valence-electron chi connectivity index (χ0n) is 9.32. The molecule has 5 heteroatoms. The first-order valence-corrected chi connectivity index (χ1v) is 5.95. The monoisotopic (exact) mass is 277 g/mol. The summed E-state index contributed by atoms with van der Waals surface area (Å²) in [5, 5.41) is 9.85. The highest BCUT2D eigenvalue weighted by Crippen LogP contribution is 2.30. The molecule has 0 amide bonds. The molecule has 0 aliphatic heterocycles. The first kappa shape index (κ1) is 12.7. The average Bonchev–Trinajstić information content (AvgIpc) is 2.35. The van der Waals surface area contributed by atoms with Crippen molar-refractivity contribution in [3.05, 3.63) is 46.1 Å². The normalized spacial score (nSPS) is 10.1. The Balaban J connectivity index is 2.54. The topological polar surface area (TPSA) is 62.7 Å². The molecule has 1 aromatic carbocycles. The molecule has 0 bridgehead atoms. The van der Waals surface area contributed by atoms with E-state index in [-0.39, 0.29) is 6.42 Å². The van der Waals surface area contributed by atoms with E-state index in [9.17, 15) is 0 Å². The number of nitrogens with zero attached hydrogens (tertiary/aromatic N) is 2. The Bertz CT molecular complexity index is 633. The van der Waals surface area contributed by atoms with E-state index in [0.29, 0.717) is 27.1 Å². The van der Waals surface area contributed by atoms with Crippen LogP contribution in [-0.2, 0) is 6.42 Å². The third-order valence-electron chi connectivity index (χ3n) is 2.46. The number of hydrogen-bond donors (Lipinski definition) is 1. The van der Waals surface area contributed by atoms with Crippen molar-refractivity contribution in [2.24, 2.45) is 0 Å². The van der Waals surface area contributed by atoms with E-state index in [1.807, 2.05) is 6.07 Å². The van der Waals surface area contributed by atoms with Crippen LogP contribution in [0.25, 0.3) is 11.3 Å². The third-order valence-corrected chi connectivity index (χ3v) is 3.02. The highest BCUT2D eigenvalue weighted by molar-refractivity contribution is 6.35. The Hall–Kier alpha value is -1.76. The molecule has 0 spiro atoms. The molecule has 2 N–H and O–H groups in total. The van der Waals surface area contributed by atoms with Crippen LogP contribution in [0.15, 0.2) is 30.3 Å². The lowest BCUT2D eigenvalue weighted by molar-refractivity contribution is 1.12. The summed E-state index contributed by atoms with van der Waals surface area (Å²) >= 11 is 12.0. The number of nitrogens with two attached hydrogens (primary N) is 1. The number of rotatable bonds is 2. The molecular weight excluding hydrogens is 269 g/mol. The second-order valence-corrected chi connectivity index (χ2v) is 4.54. The van der Waals surface area contributed by atoms with Gasteiger partial charge in [0, 0.05) is 10.6 Å². The van der Waals surface area contributed by atoms with Crippen LogP contribution in [0.3, 0.4) is 0 Å². The van der Waals surface area contributed by atoms with Crippen LogP contribution in [0.2, 0.25) is 10.0 Å². The maximum absolute atomic E-state index is 8.71. The van der Waals surface area contributed by atoms with E-state index in [1.165, 1.54) is 0 Å². The maximum Gasteiger partial charge on any atom is 0.0795 e. The lowest BCUT2D eigenvalue weighted by Crippen LogP contribution is -1.98. The minimum atomic E-state index is 0.165. The third kappa shape index (κ3) is 2.56. The van der Waals surface area contributed by atoms with Crippen LogP contribution in [0.4, 0.5) is 5.69 Å². The number of benzene rings is 1. The number of hydrogen-bond acceptors (Lipinski definition) is 3. The summed E-state index contributed by atoms with van der Waals surface area (Å²) < 4.78 is 0. The summed E-state index contributed by atoms with van der Waals surface area (Å²) in [6.07, 6.45) is 0.165. The molecule has 0 fully saturated rings. The fourth-order valence-electron chi connectivity index (χ4n) is 1.57. The van der Waals surface area contributed by atoms with E-state index in [2.05, 4.69) is 4.98 Å². The van der Waals surface area contributed by atoms with Gasteiger partial charge in [-0.3, -0.25) is 0 Å². The first-order valence-electron chi connectivity index (χ1n) is 5.19. The Labute approximate surface area is 115 Å². The van der Waals surface area contributed by atoms with Gasteiger partial charge in [0.25, 0.3) is 0 Å². The van der Waals surface area contributed by atoms with Crippen LogP contribution < -0.4 is 5.73 Å². The maximum atomic E-state index is 8.71. The fourth-order valence-corrected chi connectivity index (χ4v) is 1.96. The van der Waals surface area contributed by atoms with Crippen molar-refractivity contribution in [3.8, 4) is 17.3 Å². The van der Waals surface area contributed by atoms with Crippen LogP contribution in [-0.4, -0.2) is 4.98 Å². The van der Waals surface area contributed by atoms with Gasteiger partial charge in [0.2, 0.25) is 0 Å². The zero-order chi connectivity index (χ0) is 13.1. The predicted molar refractivity (Wildman–Crippen MR) is 73.4 cm³/mol. The van der Waals surface area contributed by atoms with Crippen molar-refractivity contribution in [1.29, 1.82) is 5.26 Å². The molecule has 1 aromatic heterocycles. The molecule has 2 aromatic rings. The number of nitrogen functional groups attached to an aromatic ring is 1. The van der Waals surface area contributed by atoms with Crippen molar-refractivity contribution in [1.82, 2.24) is 4.98 Å². The Morgan fingerprint density at radius 2 is 2.00 bits per heavy atom. The Kier molecular flexibility index (Phi) is 3.71. The van der Waals surface area contributed by atoms with E-state index in [4.69, 9.17) is 34.2 Å². The van der Waals surface area contributed by atoms with E-state index in [1.54, 1.807) is 30.3 Å². The quantitative estimate of drug-likeness (QED) is 0.910. The van der Waals surface area contributed by atoms with Crippen LogP contribution in [0.5, 0.6) is 0 Å². The van der Waals surface area contributed by atoms with Crippen LogP contribution in [0.1, 0.15) is 5.69 Å². The molecular formula is C13H9Cl2N3. The number of aromatic nitrogens is 1. The minimum absolute atomic E-state index is 0.165. The summed E-state index contributed by atoms with van der Waals surface area (Å²) in [7, 11) is 0. The van der Waals surface area contributed by atoms with Crippen molar-refractivity contribution >= 4 is 28.9 Å². The lowest BCUT2D eigenvalue weighted by Gasteiger charge is -2.07. The van der Waals surface area contributed by atoms with Crippen molar-refractivity contribution in [2.75, 3.05) is 5.73 Å². The highest BCUT2D eigenvalue weighted by Gasteiger charge is 2.08. The molecule has 0 aliphatic carbocycles. The van der Waals surface area contributed by atoms with Crippen LogP contribution >= 0.6 is 23.2 Å². The van der Waals surface area contributed by atoms with Gasteiger partial charge in [-0.2, -0.15) is 5.26 Å². The summed E-state index contributed by atoms with van der Waals surface area (Å²) in [6.45, 7) is 0. The molecule has 0 saturated heterocycles. The van der Waals surface area contributed by atoms with E-state index < -0.39 is 0 Å². The first-order chi connectivity index (χ1) is 8.61. The fraction of sp³-hybridized carbons (Fsp3) is 0.0769. The van der Waals surface area contributed by atoms with Gasteiger partial charge in [-0.05, 0) is 30.3 Å². The van der Waals surface area contributed by atoms with Crippen molar-refractivity contribution in [3.63, 3.8) is 0 Å². The highest BCUT2D eigenvalue weighted by atomic mass is 35.5. The second-order valence-electron chi connectivity index (χ2n) is 3.69. The second kappa shape index (κ2) is 5.26. The molecule has 1 heterocycles. The summed E-state index contributed by atoms with van der Waals surface area (Å²) in [4.78, 5) is 4.34. The number of halogens is 2. The predicted octanol–water partition coefficient (Wildman–Crippen LogP) is 3.70. The van der Waals surface area contributed by atoms with Gasteiger partial charge in [-0.25, -0.2) is 4.98 Å². The van der Waals surface area contributed by atoms with Gasteiger partial charge in [-0.1, -0.05) is 23.2 Å². The smallest absolute Gasteiger partial charge is 0.0795 e. The molecule has 0 aliphatic rings. The van der Waals surface area contributed by atoms with Crippen LogP contribution in [0, 0.1) is 11.3 Å².